The summed E-state index contributed by atoms with van der Waals surface area (Å²) in [5.74, 6) is 0. The van der Waals surface area contributed by atoms with Crippen LogP contribution in [0.25, 0.3) is 0 Å². The van der Waals surface area contributed by atoms with E-state index in [0.717, 1.165) is 29.2 Å². The van der Waals surface area contributed by atoms with Crippen molar-refractivity contribution in [3.05, 3.63) is 35.7 Å². The Labute approximate surface area is 107 Å². The van der Waals surface area contributed by atoms with Gasteiger partial charge in [0, 0.05) is 25.6 Å². The Kier molecular flexibility index (Phi) is 3.60. The van der Waals surface area contributed by atoms with Crippen LogP contribution in [0.3, 0.4) is 0 Å². The standard InChI is InChI=1S/C13H19N5/c1-5-11-12(8-18(4)17-11)16-10(3)13-9(2)14-6-7-15-13/h6-8,10,16H,5H2,1-4H3. The number of aromatic nitrogens is 4. The first kappa shape index (κ1) is 12.5. The Morgan fingerprint density at radius 3 is 2.72 bits per heavy atom. The quantitative estimate of drug-likeness (QED) is 0.897. The first-order valence-corrected chi connectivity index (χ1v) is 6.18. The zero-order chi connectivity index (χ0) is 13.1. The molecule has 0 spiro atoms. The van der Waals surface area contributed by atoms with E-state index < -0.39 is 0 Å². The average Bonchev–Trinajstić information content (AvgIpc) is 2.70. The van der Waals surface area contributed by atoms with Crippen molar-refractivity contribution in [1.29, 1.82) is 0 Å². The van der Waals surface area contributed by atoms with Gasteiger partial charge in [-0.05, 0) is 20.3 Å². The molecular formula is C13H19N5. The average molecular weight is 245 g/mol. The number of hydrogen-bond acceptors (Lipinski definition) is 4. The summed E-state index contributed by atoms with van der Waals surface area (Å²) >= 11 is 0. The number of hydrogen-bond donors (Lipinski definition) is 1. The van der Waals surface area contributed by atoms with Gasteiger partial charge in [0.15, 0.2) is 0 Å². The molecule has 18 heavy (non-hydrogen) atoms. The second-order valence-corrected chi connectivity index (χ2v) is 4.41. The monoisotopic (exact) mass is 245 g/mol. The summed E-state index contributed by atoms with van der Waals surface area (Å²) in [5.41, 5.74) is 4.08. The van der Waals surface area contributed by atoms with Gasteiger partial charge in [-0.1, -0.05) is 6.92 Å². The Morgan fingerprint density at radius 1 is 1.33 bits per heavy atom. The molecule has 0 fully saturated rings. The molecule has 5 heteroatoms. The van der Waals surface area contributed by atoms with Crippen LogP contribution in [0.4, 0.5) is 5.69 Å². The molecule has 2 aromatic heterocycles. The van der Waals surface area contributed by atoms with E-state index >= 15 is 0 Å². The van der Waals surface area contributed by atoms with Gasteiger partial charge in [-0.3, -0.25) is 14.6 Å². The molecule has 2 aromatic rings. The van der Waals surface area contributed by atoms with Gasteiger partial charge in [0.05, 0.1) is 28.8 Å². The molecule has 0 amide bonds. The molecule has 0 aliphatic heterocycles. The maximum atomic E-state index is 4.42. The van der Waals surface area contributed by atoms with E-state index in [1.165, 1.54) is 0 Å². The molecular weight excluding hydrogens is 226 g/mol. The number of nitrogens with zero attached hydrogens (tertiary/aromatic N) is 4. The Balaban J connectivity index is 2.21. The fraction of sp³-hybridized carbons (Fsp3) is 0.462. The first-order valence-electron chi connectivity index (χ1n) is 6.18. The number of nitrogens with one attached hydrogen (secondary N) is 1. The Hall–Kier alpha value is -1.91. The number of aryl methyl sites for hydroxylation is 3. The van der Waals surface area contributed by atoms with Gasteiger partial charge in [0.2, 0.25) is 0 Å². The highest BCUT2D eigenvalue weighted by Crippen LogP contribution is 2.21. The lowest BCUT2D eigenvalue weighted by atomic mass is 10.1. The van der Waals surface area contributed by atoms with Crippen molar-refractivity contribution in [2.24, 2.45) is 7.05 Å². The van der Waals surface area contributed by atoms with Crippen molar-refractivity contribution in [3.8, 4) is 0 Å². The summed E-state index contributed by atoms with van der Waals surface area (Å²) in [6.45, 7) is 6.17. The fourth-order valence-electron chi connectivity index (χ4n) is 2.06. The second-order valence-electron chi connectivity index (χ2n) is 4.41. The first-order chi connectivity index (χ1) is 8.61. The van der Waals surface area contributed by atoms with Crippen molar-refractivity contribution in [1.82, 2.24) is 19.7 Å². The molecule has 2 rings (SSSR count). The lowest BCUT2D eigenvalue weighted by molar-refractivity contribution is 0.746. The van der Waals surface area contributed by atoms with E-state index in [0.29, 0.717) is 0 Å². The predicted octanol–water partition coefficient (Wildman–Crippen LogP) is 2.25. The van der Waals surface area contributed by atoms with Crippen LogP contribution in [0.5, 0.6) is 0 Å². The van der Waals surface area contributed by atoms with Crippen molar-refractivity contribution in [2.75, 3.05) is 5.32 Å². The fourth-order valence-corrected chi connectivity index (χ4v) is 2.06. The smallest absolute Gasteiger partial charge is 0.0853 e. The van der Waals surface area contributed by atoms with Crippen molar-refractivity contribution >= 4 is 5.69 Å². The molecule has 1 atom stereocenters. The highest BCUT2D eigenvalue weighted by molar-refractivity contribution is 5.48. The summed E-state index contributed by atoms with van der Waals surface area (Å²) in [5, 5.41) is 7.87. The Bertz CT molecular complexity index is 532. The van der Waals surface area contributed by atoms with E-state index in [9.17, 15) is 0 Å². The van der Waals surface area contributed by atoms with Crippen LogP contribution >= 0.6 is 0 Å². The third-order valence-corrected chi connectivity index (χ3v) is 2.94. The van der Waals surface area contributed by atoms with Gasteiger partial charge in [-0.15, -0.1) is 0 Å². The molecule has 0 aliphatic carbocycles. The van der Waals surface area contributed by atoms with Crippen molar-refractivity contribution in [2.45, 2.75) is 33.2 Å². The molecule has 0 bridgehead atoms. The minimum absolute atomic E-state index is 0.119. The zero-order valence-electron chi connectivity index (χ0n) is 11.3. The highest BCUT2D eigenvalue weighted by Gasteiger charge is 2.13. The maximum Gasteiger partial charge on any atom is 0.0853 e. The predicted molar refractivity (Wildman–Crippen MR) is 71.4 cm³/mol. The SMILES string of the molecule is CCc1nn(C)cc1NC(C)c1nccnc1C. The van der Waals surface area contributed by atoms with Crippen LogP contribution in [-0.2, 0) is 13.5 Å². The molecule has 2 heterocycles. The summed E-state index contributed by atoms with van der Waals surface area (Å²) in [7, 11) is 1.93. The van der Waals surface area contributed by atoms with Gasteiger partial charge < -0.3 is 5.32 Å². The van der Waals surface area contributed by atoms with Gasteiger partial charge in [0.25, 0.3) is 0 Å². The summed E-state index contributed by atoms with van der Waals surface area (Å²) < 4.78 is 1.83. The topological polar surface area (TPSA) is 55.6 Å². The van der Waals surface area contributed by atoms with Crippen LogP contribution < -0.4 is 5.32 Å². The molecule has 0 saturated carbocycles. The van der Waals surface area contributed by atoms with Crippen LogP contribution in [0.15, 0.2) is 18.6 Å². The van der Waals surface area contributed by atoms with Gasteiger partial charge in [0.1, 0.15) is 0 Å². The third-order valence-electron chi connectivity index (χ3n) is 2.94. The van der Waals surface area contributed by atoms with Crippen molar-refractivity contribution < 1.29 is 0 Å². The molecule has 0 aromatic carbocycles. The van der Waals surface area contributed by atoms with Crippen LogP contribution in [-0.4, -0.2) is 19.7 Å². The molecule has 5 nitrogen and oxygen atoms in total. The van der Waals surface area contributed by atoms with E-state index in [1.54, 1.807) is 12.4 Å². The molecule has 0 aliphatic rings. The van der Waals surface area contributed by atoms with E-state index in [2.05, 4.69) is 34.2 Å². The van der Waals surface area contributed by atoms with E-state index in [-0.39, 0.29) is 6.04 Å². The molecule has 1 N–H and O–H groups in total. The Morgan fingerprint density at radius 2 is 2.06 bits per heavy atom. The molecule has 96 valence electrons. The van der Waals surface area contributed by atoms with Crippen LogP contribution in [0.1, 0.15) is 37.0 Å². The van der Waals surface area contributed by atoms with Gasteiger partial charge >= 0.3 is 0 Å². The normalized spacial score (nSPS) is 12.4. The van der Waals surface area contributed by atoms with Gasteiger partial charge in [-0.2, -0.15) is 5.10 Å². The van der Waals surface area contributed by atoms with E-state index in [4.69, 9.17) is 0 Å². The summed E-state index contributed by atoms with van der Waals surface area (Å²) in [6.07, 6.45) is 6.36. The van der Waals surface area contributed by atoms with Crippen molar-refractivity contribution in [3.63, 3.8) is 0 Å². The molecule has 1 unspecified atom stereocenters. The molecule has 0 saturated heterocycles. The lowest BCUT2D eigenvalue weighted by Crippen LogP contribution is -2.11. The highest BCUT2D eigenvalue weighted by atomic mass is 15.3. The third kappa shape index (κ3) is 2.50. The van der Waals surface area contributed by atoms with Crippen LogP contribution in [0, 0.1) is 6.92 Å². The number of anilines is 1. The minimum atomic E-state index is 0.119. The summed E-state index contributed by atoms with van der Waals surface area (Å²) in [6, 6.07) is 0.119. The largest absolute Gasteiger partial charge is 0.374 e. The number of rotatable bonds is 4. The van der Waals surface area contributed by atoms with E-state index in [1.807, 2.05) is 24.9 Å². The van der Waals surface area contributed by atoms with Gasteiger partial charge in [-0.25, -0.2) is 0 Å². The zero-order valence-corrected chi connectivity index (χ0v) is 11.3. The minimum Gasteiger partial charge on any atom is -0.374 e. The maximum absolute atomic E-state index is 4.42. The lowest BCUT2D eigenvalue weighted by Gasteiger charge is -2.15. The summed E-state index contributed by atoms with van der Waals surface area (Å²) in [4.78, 5) is 8.65. The molecule has 0 radical (unpaired) electrons. The van der Waals surface area contributed by atoms with Crippen LogP contribution in [0.2, 0.25) is 0 Å². The second kappa shape index (κ2) is 5.16.